The van der Waals surface area contributed by atoms with E-state index in [1.807, 2.05) is 24.3 Å². The highest BCUT2D eigenvalue weighted by atomic mass is 16.1. The van der Waals surface area contributed by atoms with E-state index < -0.39 is 0 Å². The zero-order chi connectivity index (χ0) is 13.7. The maximum Gasteiger partial charge on any atom is 0.159 e. The minimum absolute atomic E-state index is 0.112. The van der Waals surface area contributed by atoms with Crippen molar-refractivity contribution in [3.8, 4) is 0 Å². The van der Waals surface area contributed by atoms with Crippen LogP contribution < -0.4 is 10.6 Å². The second-order valence-corrected chi connectivity index (χ2v) is 5.26. The van der Waals surface area contributed by atoms with Crippen LogP contribution in [0, 0.1) is 0 Å². The van der Waals surface area contributed by atoms with Gasteiger partial charge in [0, 0.05) is 43.5 Å². The van der Waals surface area contributed by atoms with Crippen LogP contribution in [0.15, 0.2) is 24.3 Å². The number of carbonyl (C=O) groups excluding carboxylic acids is 1. The van der Waals surface area contributed by atoms with E-state index in [0.717, 1.165) is 43.9 Å². The van der Waals surface area contributed by atoms with Crippen LogP contribution in [0.2, 0.25) is 0 Å². The van der Waals surface area contributed by atoms with Gasteiger partial charge in [0.2, 0.25) is 0 Å². The zero-order valence-electron chi connectivity index (χ0n) is 11.8. The first-order valence-electron chi connectivity index (χ1n) is 6.92. The molecule has 19 heavy (non-hydrogen) atoms. The average Bonchev–Trinajstić information content (AvgIpc) is 2.39. The second kappa shape index (κ2) is 6.68. The van der Waals surface area contributed by atoms with Crippen molar-refractivity contribution >= 4 is 11.5 Å². The molecule has 1 unspecified atom stereocenters. The van der Waals surface area contributed by atoms with E-state index in [2.05, 4.69) is 22.6 Å². The number of likely N-dealkylation sites (N-methyl/N-ethyl adjacent to an activating group) is 1. The topological polar surface area (TPSA) is 44.4 Å². The van der Waals surface area contributed by atoms with Gasteiger partial charge in [-0.3, -0.25) is 4.79 Å². The highest BCUT2D eigenvalue weighted by Crippen LogP contribution is 2.10. The lowest BCUT2D eigenvalue weighted by Crippen LogP contribution is -2.49. The number of benzene rings is 1. The standard InChI is InChI=1S/C15H23N3O/c1-12(19)13-3-5-14(6-4-13)16-8-7-15-11-18(2)10-9-17-15/h3-6,15-17H,7-11H2,1-2H3. The fourth-order valence-corrected chi connectivity index (χ4v) is 2.40. The molecule has 2 rings (SSSR count). The number of Topliss-reactive ketones (excluding diaryl/α,β-unsaturated/α-hetero) is 1. The molecule has 0 radical (unpaired) electrons. The minimum atomic E-state index is 0.112. The fourth-order valence-electron chi connectivity index (χ4n) is 2.40. The molecule has 0 aliphatic carbocycles. The van der Waals surface area contributed by atoms with Gasteiger partial charge in [-0.25, -0.2) is 0 Å². The molecule has 1 saturated heterocycles. The van der Waals surface area contributed by atoms with Gasteiger partial charge < -0.3 is 15.5 Å². The molecule has 1 aliphatic rings. The molecule has 1 aromatic rings. The number of hydrogen-bond acceptors (Lipinski definition) is 4. The summed E-state index contributed by atoms with van der Waals surface area (Å²) in [6, 6.07) is 8.26. The van der Waals surface area contributed by atoms with E-state index in [1.165, 1.54) is 0 Å². The monoisotopic (exact) mass is 261 g/mol. The number of ketones is 1. The number of nitrogens with zero attached hydrogens (tertiary/aromatic N) is 1. The molecule has 0 spiro atoms. The van der Waals surface area contributed by atoms with Gasteiger partial charge in [0.25, 0.3) is 0 Å². The van der Waals surface area contributed by atoms with Crippen molar-refractivity contribution in [2.24, 2.45) is 0 Å². The Kier molecular flexibility index (Phi) is 4.93. The average molecular weight is 261 g/mol. The van der Waals surface area contributed by atoms with Crippen LogP contribution >= 0.6 is 0 Å². The summed E-state index contributed by atoms with van der Waals surface area (Å²) in [4.78, 5) is 13.5. The third-order valence-corrected chi connectivity index (χ3v) is 3.57. The summed E-state index contributed by atoms with van der Waals surface area (Å²) < 4.78 is 0. The normalized spacial score (nSPS) is 20.2. The first kappa shape index (κ1) is 14.0. The van der Waals surface area contributed by atoms with Crippen LogP contribution in [0.4, 0.5) is 5.69 Å². The van der Waals surface area contributed by atoms with Crippen molar-refractivity contribution in [1.29, 1.82) is 0 Å². The molecule has 1 atom stereocenters. The lowest BCUT2D eigenvalue weighted by atomic mass is 10.1. The highest BCUT2D eigenvalue weighted by Gasteiger charge is 2.15. The van der Waals surface area contributed by atoms with Gasteiger partial charge in [-0.1, -0.05) is 0 Å². The van der Waals surface area contributed by atoms with Crippen molar-refractivity contribution in [2.75, 3.05) is 38.5 Å². The van der Waals surface area contributed by atoms with Crippen molar-refractivity contribution in [3.63, 3.8) is 0 Å². The van der Waals surface area contributed by atoms with Crippen molar-refractivity contribution in [1.82, 2.24) is 10.2 Å². The summed E-state index contributed by atoms with van der Waals surface area (Å²) in [5.41, 5.74) is 1.84. The Morgan fingerprint density at radius 1 is 1.42 bits per heavy atom. The van der Waals surface area contributed by atoms with E-state index in [-0.39, 0.29) is 5.78 Å². The van der Waals surface area contributed by atoms with E-state index in [0.29, 0.717) is 6.04 Å². The molecule has 0 amide bonds. The highest BCUT2D eigenvalue weighted by molar-refractivity contribution is 5.94. The molecule has 1 aromatic carbocycles. The smallest absolute Gasteiger partial charge is 0.159 e. The minimum Gasteiger partial charge on any atom is -0.385 e. The molecule has 4 nitrogen and oxygen atoms in total. The Labute approximate surface area is 115 Å². The van der Waals surface area contributed by atoms with Gasteiger partial charge in [0.05, 0.1) is 0 Å². The first-order chi connectivity index (χ1) is 9.15. The Balaban J connectivity index is 1.74. The van der Waals surface area contributed by atoms with Gasteiger partial charge in [0.15, 0.2) is 5.78 Å². The summed E-state index contributed by atoms with van der Waals surface area (Å²) >= 11 is 0. The summed E-state index contributed by atoms with van der Waals surface area (Å²) in [5.74, 6) is 0.112. The molecular formula is C15H23N3O. The number of anilines is 1. The third kappa shape index (κ3) is 4.33. The number of carbonyl (C=O) groups is 1. The molecule has 0 saturated carbocycles. The maximum absolute atomic E-state index is 11.2. The summed E-state index contributed by atoms with van der Waals surface area (Å²) in [6.07, 6.45) is 1.11. The van der Waals surface area contributed by atoms with E-state index >= 15 is 0 Å². The number of hydrogen-bond donors (Lipinski definition) is 2. The van der Waals surface area contributed by atoms with Crippen LogP contribution in [0.5, 0.6) is 0 Å². The molecule has 2 N–H and O–H groups in total. The fraction of sp³-hybridized carbons (Fsp3) is 0.533. The van der Waals surface area contributed by atoms with Gasteiger partial charge in [0.1, 0.15) is 0 Å². The van der Waals surface area contributed by atoms with Crippen LogP contribution in [0.3, 0.4) is 0 Å². The molecule has 4 heteroatoms. The largest absolute Gasteiger partial charge is 0.385 e. The van der Waals surface area contributed by atoms with Crippen LogP contribution in [0.25, 0.3) is 0 Å². The van der Waals surface area contributed by atoms with Gasteiger partial charge in [-0.2, -0.15) is 0 Å². The Morgan fingerprint density at radius 2 is 2.16 bits per heavy atom. The zero-order valence-corrected chi connectivity index (χ0v) is 11.8. The molecule has 1 heterocycles. The molecular weight excluding hydrogens is 238 g/mol. The van der Waals surface area contributed by atoms with E-state index in [4.69, 9.17) is 0 Å². The van der Waals surface area contributed by atoms with Crippen molar-refractivity contribution in [2.45, 2.75) is 19.4 Å². The van der Waals surface area contributed by atoms with E-state index in [9.17, 15) is 4.79 Å². The molecule has 0 bridgehead atoms. The quantitative estimate of drug-likeness (QED) is 0.790. The number of piperazine rings is 1. The summed E-state index contributed by atoms with van der Waals surface area (Å²) in [7, 11) is 2.17. The second-order valence-electron chi connectivity index (χ2n) is 5.26. The summed E-state index contributed by atoms with van der Waals surface area (Å²) in [6.45, 7) is 5.87. The van der Waals surface area contributed by atoms with Crippen LogP contribution in [-0.2, 0) is 0 Å². The van der Waals surface area contributed by atoms with E-state index in [1.54, 1.807) is 6.92 Å². The van der Waals surface area contributed by atoms with Gasteiger partial charge in [-0.15, -0.1) is 0 Å². The molecule has 104 valence electrons. The van der Waals surface area contributed by atoms with Crippen molar-refractivity contribution in [3.05, 3.63) is 29.8 Å². The number of rotatable bonds is 5. The SMILES string of the molecule is CC(=O)c1ccc(NCCC2CN(C)CCN2)cc1. The third-order valence-electron chi connectivity index (χ3n) is 3.57. The molecule has 1 aliphatic heterocycles. The number of nitrogens with one attached hydrogen (secondary N) is 2. The van der Waals surface area contributed by atoms with Crippen LogP contribution in [-0.4, -0.2) is 50.0 Å². The Morgan fingerprint density at radius 3 is 2.79 bits per heavy atom. The Hall–Kier alpha value is -1.39. The predicted octanol–water partition coefficient (Wildman–Crippen LogP) is 1.59. The summed E-state index contributed by atoms with van der Waals surface area (Å²) in [5, 5.41) is 6.94. The van der Waals surface area contributed by atoms with Crippen molar-refractivity contribution < 1.29 is 4.79 Å². The lowest BCUT2D eigenvalue weighted by molar-refractivity contribution is 0.101. The predicted molar refractivity (Wildman–Crippen MR) is 78.8 cm³/mol. The Bertz CT molecular complexity index is 416. The lowest BCUT2D eigenvalue weighted by Gasteiger charge is -2.31. The molecule has 0 aromatic heterocycles. The van der Waals surface area contributed by atoms with Gasteiger partial charge >= 0.3 is 0 Å². The molecule has 1 fully saturated rings. The first-order valence-corrected chi connectivity index (χ1v) is 6.92. The maximum atomic E-state index is 11.2. The van der Waals surface area contributed by atoms with Crippen LogP contribution in [0.1, 0.15) is 23.7 Å². The van der Waals surface area contributed by atoms with Gasteiger partial charge in [-0.05, 0) is 44.7 Å².